The van der Waals surface area contributed by atoms with Crippen molar-refractivity contribution in [1.29, 1.82) is 0 Å². The van der Waals surface area contributed by atoms with Gasteiger partial charge < -0.3 is 10.2 Å². The first-order valence-corrected chi connectivity index (χ1v) is 4.23. The molecule has 2 nitrogen and oxygen atoms in total. The van der Waals surface area contributed by atoms with Gasteiger partial charge in [-0.25, -0.2) is 4.39 Å². The monoisotopic (exact) mass is 312 g/mol. The molecule has 0 amide bonds. The molecule has 0 saturated carbocycles. The number of alkyl halides is 10. The molecule has 0 aromatic rings. The van der Waals surface area contributed by atoms with E-state index in [9.17, 15) is 43.9 Å². The van der Waals surface area contributed by atoms with E-state index in [1.807, 2.05) is 0 Å². The van der Waals surface area contributed by atoms with Crippen molar-refractivity contribution in [2.45, 2.75) is 42.8 Å². The minimum Gasteiger partial charge on any atom is -0.335 e. The molecule has 0 fully saturated rings. The molecule has 0 spiro atoms. The molecule has 19 heavy (non-hydrogen) atoms. The van der Waals surface area contributed by atoms with Crippen molar-refractivity contribution in [3.05, 3.63) is 0 Å². The largest absolute Gasteiger partial charge is 0.400 e. The van der Waals surface area contributed by atoms with Crippen molar-refractivity contribution in [2.75, 3.05) is 0 Å². The Morgan fingerprint density at radius 2 is 1.00 bits per heavy atom. The second-order valence-electron chi connectivity index (χ2n) is 3.55. The van der Waals surface area contributed by atoms with Crippen LogP contribution in [0.15, 0.2) is 0 Å². The molecule has 0 heterocycles. The highest BCUT2D eigenvalue weighted by molar-refractivity contribution is 5.07. The molecule has 116 valence electrons. The average molecular weight is 312 g/mol. The van der Waals surface area contributed by atoms with E-state index < -0.39 is 35.9 Å². The van der Waals surface area contributed by atoms with Crippen molar-refractivity contribution < 1.29 is 54.1 Å². The molecule has 2 N–H and O–H groups in total. The van der Waals surface area contributed by atoms with Crippen LogP contribution in [0.5, 0.6) is 0 Å². The zero-order valence-corrected chi connectivity index (χ0v) is 8.75. The highest BCUT2D eigenvalue weighted by Crippen LogP contribution is 2.56. The predicted molar refractivity (Wildman–Crippen MR) is 38.6 cm³/mol. The lowest BCUT2D eigenvalue weighted by Crippen LogP contribution is -2.69. The third kappa shape index (κ3) is 2.35. The first kappa shape index (κ1) is 18.2. The summed E-state index contributed by atoms with van der Waals surface area (Å²) in [5.41, 5.74) is 0. The van der Waals surface area contributed by atoms with Crippen LogP contribution in [0.25, 0.3) is 0 Å². The van der Waals surface area contributed by atoms with Crippen molar-refractivity contribution in [3.63, 3.8) is 0 Å². The van der Waals surface area contributed by atoms with Crippen LogP contribution in [0.2, 0.25) is 0 Å². The summed E-state index contributed by atoms with van der Waals surface area (Å²) >= 11 is 0. The third-order valence-corrected chi connectivity index (χ3v) is 2.11. The smallest absolute Gasteiger partial charge is 0.335 e. The fraction of sp³-hybridized carbons (Fsp3) is 1.00. The van der Waals surface area contributed by atoms with Crippen LogP contribution in [-0.2, 0) is 0 Å². The van der Waals surface area contributed by atoms with Gasteiger partial charge in [0.2, 0.25) is 0 Å². The molecule has 0 aliphatic rings. The third-order valence-electron chi connectivity index (χ3n) is 2.11. The predicted octanol–water partition coefficient (Wildman–Crippen LogP) is 2.49. The van der Waals surface area contributed by atoms with Crippen molar-refractivity contribution in [2.24, 2.45) is 0 Å². The van der Waals surface area contributed by atoms with E-state index in [0.717, 1.165) is 0 Å². The van der Waals surface area contributed by atoms with E-state index in [4.69, 9.17) is 10.2 Å². The van der Waals surface area contributed by atoms with E-state index in [-0.39, 0.29) is 6.92 Å². The lowest BCUT2D eigenvalue weighted by atomic mass is 9.95. The van der Waals surface area contributed by atoms with Gasteiger partial charge in [-0.1, -0.05) is 0 Å². The molecular formula is C7H6F10O2. The number of halogens is 10. The van der Waals surface area contributed by atoms with E-state index in [2.05, 4.69) is 0 Å². The summed E-state index contributed by atoms with van der Waals surface area (Å²) in [4.78, 5) is 0. The minimum absolute atomic E-state index is 0.331. The molecule has 0 bridgehead atoms. The maximum Gasteiger partial charge on any atom is 0.400 e. The second kappa shape index (κ2) is 4.36. The van der Waals surface area contributed by atoms with E-state index in [1.165, 1.54) is 0 Å². The van der Waals surface area contributed by atoms with Crippen LogP contribution in [0, 0.1) is 0 Å². The summed E-state index contributed by atoms with van der Waals surface area (Å²) in [5, 5.41) is 15.3. The maximum atomic E-state index is 12.6. The standard InChI is InChI=1S/C7H6F10O2/c1-2(8)3(9,10)4(11,12)5(13,14)6(15,16)7(17,18)19/h2,18-19H,1H3. The van der Waals surface area contributed by atoms with Crippen LogP contribution < -0.4 is 0 Å². The van der Waals surface area contributed by atoms with Gasteiger partial charge in [-0.05, 0) is 6.92 Å². The highest BCUT2D eigenvalue weighted by atomic mass is 19.4. The molecule has 0 rings (SSSR count). The molecule has 0 aromatic heterocycles. The number of hydrogen-bond acceptors (Lipinski definition) is 2. The lowest BCUT2D eigenvalue weighted by Gasteiger charge is -2.38. The van der Waals surface area contributed by atoms with Crippen LogP contribution in [0.1, 0.15) is 6.92 Å². The van der Waals surface area contributed by atoms with Crippen LogP contribution in [0.4, 0.5) is 43.9 Å². The van der Waals surface area contributed by atoms with Gasteiger partial charge >= 0.3 is 29.7 Å². The van der Waals surface area contributed by atoms with Gasteiger partial charge in [-0.2, -0.15) is 39.5 Å². The average Bonchev–Trinajstić information content (AvgIpc) is 2.14. The zero-order chi connectivity index (χ0) is 16.1. The van der Waals surface area contributed by atoms with Gasteiger partial charge in [0.05, 0.1) is 0 Å². The van der Waals surface area contributed by atoms with Crippen LogP contribution in [0.3, 0.4) is 0 Å². The number of hydrogen-bond donors (Lipinski definition) is 2. The second-order valence-corrected chi connectivity index (χ2v) is 3.55. The van der Waals surface area contributed by atoms with E-state index >= 15 is 0 Å². The summed E-state index contributed by atoms with van der Waals surface area (Å²) in [6, 6.07) is -6.23. The summed E-state index contributed by atoms with van der Waals surface area (Å²) in [6.07, 6.45) is -4.00. The summed E-state index contributed by atoms with van der Waals surface area (Å²) in [7, 11) is 0. The highest BCUT2D eigenvalue weighted by Gasteiger charge is 2.86. The van der Waals surface area contributed by atoms with Crippen molar-refractivity contribution in [1.82, 2.24) is 0 Å². The first-order chi connectivity index (χ1) is 7.94. The Hall–Kier alpha value is -0.780. The van der Waals surface area contributed by atoms with Gasteiger partial charge in [0.1, 0.15) is 0 Å². The fourth-order valence-corrected chi connectivity index (χ4v) is 0.856. The first-order valence-electron chi connectivity index (χ1n) is 4.23. The molecule has 1 unspecified atom stereocenters. The number of rotatable bonds is 5. The Kier molecular flexibility index (Phi) is 4.18. The molecule has 0 aliphatic heterocycles. The summed E-state index contributed by atoms with van der Waals surface area (Å²) in [6.45, 7) is -0.331. The summed E-state index contributed by atoms with van der Waals surface area (Å²) < 4.78 is 125. The van der Waals surface area contributed by atoms with Gasteiger partial charge in [-0.3, -0.25) is 0 Å². The molecule has 1 atom stereocenters. The normalized spacial score (nSPS) is 17.5. The molecular weight excluding hydrogens is 306 g/mol. The maximum absolute atomic E-state index is 12.6. The molecule has 0 saturated heterocycles. The topological polar surface area (TPSA) is 40.5 Å². The lowest BCUT2D eigenvalue weighted by molar-refractivity contribution is -0.458. The SMILES string of the molecule is CC(F)C(F)(F)C(F)(F)C(F)(F)C(F)(F)C(O)(O)F. The summed E-state index contributed by atoms with van der Waals surface area (Å²) in [5.74, 6) is -27.7. The minimum atomic E-state index is -7.29. The molecule has 0 radical (unpaired) electrons. The Balaban J connectivity index is 5.92. The Morgan fingerprint density at radius 3 is 1.21 bits per heavy atom. The Labute approximate surface area is 98.2 Å². The van der Waals surface area contributed by atoms with Gasteiger partial charge in [0.25, 0.3) is 0 Å². The Bertz CT molecular complexity index is 331. The van der Waals surface area contributed by atoms with E-state index in [1.54, 1.807) is 0 Å². The van der Waals surface area contributed by atoms with Crippen molar-refractivity contribution in [3.8, 4) is 0 Å². The fourth-order valence-electron chi connectivity index (χ4n) is 0.856. The van der Waals surface area contributed by atoms with Gasteiger partial charge in [0.15, 0.2) is 6.17 Å². The molecule has 0 aliphatic carbocycles. The number of aliphatic hydroxyl groups is 2. The molecule has 12 heteroatoms. The van der Waals surface area contributed by atoms with Gasteiger partial charge in [-0.15, -0.1) is 0 Å². The quantitative estimate of drug-likeness (QED) is 0.605. The van der Waals surface area contributed by atoms with Crippen molar-refractivity contribution >= 4 is 0 Å². The van der Waals surface area contributed by atoms with Crippen LogP contribution >= 0.6 is 0 Å². The van der Waals surface area contributed by atoms with Gasteiger partial charge in [0, 0.05) is 0 Å². The Morgan fingerprint density at radius 1 is 0.684 bits per heavy atom. The van der Waals surface area contributed by atoms with E-state index in [0.29, 0.717) is 0 Å². The van der Waals surface area contributed by atoms with Crippen LogP contribution in [-0.4, -0.2) is 46.1 Å². The zero-order valence-electron chi connectivity index (χ0n) is 8.75. The molecule has 0 aromatic carbocycles.